The Balaban J connectivity index is 2.43. The molecular weight excluding hydrogens is 424 g/mol. The van der Waals surface area contributed by atoms with E-state index in [1.807, 2.05) is 0 Å². The van der Waals surface area contributed by atoms with Gasteiger partial charge in [0.2, 0.25) is 12.4 Å². The Labute approximate surface area is 185 Å². The molecule has 1 saturated heterocycles. The highest BCUT2D eigenvalue weighted by Gasteiger charge is 2.53. The van der Waals surface area contributed by atoms with Gasteiger partial charge in [-0.25, -0.2) is 0 Å². The molecule has 1 aromatic rings. The second-order valence-corrected chi connectivity index (χ2v) is 6.96. The molecule has 32 heavy (non-hydrogen) atoms. The third-order valence-corrected chi connectivity index (χ3v) is 4.32. The summed E-state index contributed by atoms with van der Waals surface area (Å²) in [4.78, 5) is 46.6. The van der Waals surface area contributed by atoms with Gasteiger partial charge in [-0.2, -0.15) is 0 Å². The van der Waals surface area contributed by atoms with Crippen LogP contribution in [0.1, 0.15) is 33.3 Å². The standard InChI is InChI=1S/C22H26O10/c1-6-16-7-9-17(10-8-16)31-22-21(30-15(5)26)20(29-14(4)25)19(28-13(3)24)18(32-22)11-27-12(2)23/h6-10,18-22H,1,11H2,2-5H3. The van der Waals surface area contributed by atoms with E-state index in [1.165, 1.54) is 6.92 Å². The summed E-state index contributed by atoms with van der Waals surface area (Å²) in [6.07, 6.45) is -4.50. The first-order valence-corrected chi connectivity index (χ1v) is 9.80. The first-order chi connectivity index (χ1) is 15.1. The van der Waals surface area contributed by atoms with Crippen LogP contribution in [0.4, 0.5) is 0 Å². The molecule has 0 N–H and O–H groups in total. The molecule has 1 fully saturated rings. The molecule has 10 heteroatoms. The van der Waals surface area contributed by atoms with Crippen molar-refractivity contribution in [3.8, 4) is 5.75 Å². The summed E-state index contributed by atoms with van der Waals surface area (Å²) in [5.41, 5.74) is 0.846. The van der Waals surface area contributed by atoms with E-state index in [0.29, 0.717) is 5.75 Å². The average Bonchev–Trinajstić information content (AvgIpc) is 2.70. The summed E-state index contributed by atoms with van der Waals surface area (Å²) >= 11 is 0. The van der Waals surface area contributed by atoms with Gasteiger partial charge in [0.25, 0.3) is 0 Å². The van der Waals surface area contributed by atoms with E-state index in [1.54, 1.807) is 30.3 Å². The summed E-state index contributed by atoms with van der Waals surface area (Å²) in [6.45, 7) is 8.01. The van der Waals surface area contributed by atoms with Gasteiger partial charge in [0.05, 0.1) is 0 Å². The summed E-state index contributed by atoms with van der Waals surface area (Å²) in [5, 5.41) is 0. The van der Waals surface area contributed by atoms with Gasteiger partial charge < -0.3 is 28.4 Å². The minimum atomic E-state index is -1.29. The highest BCUT2D eigenvalue weighted by Crippen LogP contribution is 2.31. The molecule has 1 heterocycles. The van der Waals surface area contributed by atoms with Crippen LogP contribution in [0.25, 0.3) is 6.08 Å². The normalized spacial score (nSPS) is 24.6. The molecule has 10 nitrogen and oxygen atoms in total. The third-order valence-electron chi connectivity index (χ3n) is 4.32. The number of carbonyl (C=O) groups excluding carboxylic acids is 4. The van der Waals surface area contributed by atoms with E-state index in [-0.39, 0.29) is 6.61 Å². The van der Waals surface area contributed by atoms with Crippen molar-refractivity contribution in [2.75, 3.05) is 6.61 Å². The minimum Gasteiger partial charge on any atom is -0.463 e. The van der Waals surface area contributed by atoms with Crippen molar-refractivity contribution < 1.29 is 47.6 Å². The molecule has 0 radical (unpaired) electrons. The summed E-state index contributed by atoms with van der Waals surface area (Å²) in [5.74, 6) is -2.36. The Kier molecular flexibility index (Phi) is 8.77. The zero-order chi connectivity index (χ0) is 23.8. The van der Waals surface area contributed by atoms with Gasteiger partial charge in [-0.3, -0.25) is 19.2 Å². The molecule has 5 atom stereocenters. The fourth-order valence-electron chi connectivity index (χ4n) is 3.10. The van der Waals surface area contributed by atoms with E-state index in [4.69, 9.17) is 28.4 Å². The fourth-order valence-corrected chi connectivity index (χ4v) is 3.10. The molecule has 1 aliphatic heterocycles. The maximum absolute atomic E-state index is 11.8. The second kappa shape index (κ2) is 11.3. The largest absolute Gasteiger partial charge is 0.463 e. The molecule has 0 amide bonds. The van der Waals surface area contributed by atoms with Crippen molar-refractivity contribution in [3.63, 3.8) is 0 Å². The van der Waals surface area contributed by atoms with E-state index >= 15 is 0 Å². The van der Waals surface area contributed by atoms with Crippen molar-refractivity contribution in [2.24, 2.45) is 0 Å². The van der Waals surface area contributed by atoms with Gasteiger partial charge in [-0.15, -0.1) is 0 Å². The predicted octanol–water partition coefficient (Wildman–Crippen LogP) is 1.79. The predicted molar refractivity (Wildman–Crippen MR) is 109 cm³/mol. The van der Waals surface area contributed by atoms with Crippen LogP contribution in [0.5, 0.6) is 5.75 Å². The minimum absolute atomic E-state index is 0.326. The first kappa shape index (κ1) is 24.9. The average molecular weight is 450 g/mol. The summed E-state index contributed by atoms with van der Waals surface area (Å²) in [6, 6.07) is 6.78. The van der Waals surface area contributed by atoms with E-state index < -0.39 is 54.6 Å². The second-order valence-electron chi connectivity index (χ2n) is 6.96. The number of benzene rings is 1. The molecular formula is C22H26O10. The molecule has 1 aliphatic rings. The van der Waals surface area contributed by atoms with Crippen molar-refractivity contribution in [2.45, 2.75) is 58.4 Å². The van der Waals surface area contributed by atoms with Crippen LogP contribution in [-0.4, -0.2) is 61.2 Å². The maximum Gasteiger partial charge on any atom is 0.303 e. The number of esters is 4. The first-order valence-electron chi connectivity index (χ1n) is 9.80. The zero-order valence-corrected chi connectivity index (χ0v) is 18.3. The van der Waals surface area contributed by atoms with Crippen LogP contribution < -0.4 is 4.74 Å². The number of hydrogen-bond acceptors (Lipinski definition) is 10. The molecule has 0 aliphatic carbocycles. The van der Waals surface area contributed by atoms with Crippen LogP contribution in [0, 0.1) is 0 Å². The SMILES string of the molecule is C=Cc1ccc(OC2OC(COC(C)=O)C(OC(C)=O)C(OC(C)=O)C2OC(C)=O)cc1. The molecule has 5 unspecified atom stereocenters. The molecule has 0 aromatic heterocycles. The quantitative estimate of drug-likeness (QED) is 0.428. The maximum atomic E-state index is 11.8. The van der Waals surface area contributed by atoms with Crippen LogP contribution in [0.15, 0.2) is 30.8 Å². The van der Waals surface area contributed by atoms with E-state index in [9.17, 15) is 19.2 Å². The summed E-state index contributed by atoms with van der Waals surface area (Å²) in [7, 11) is 0. The number of rotatable bonds is 8. The van der Waals surface area contributed by atoms with Crippen LogP contribution in [0.2, 0.25) is 0 Å². The Morgan fingerprint density at radius 1 is 0.844 bits per heavy atom. The Bertz CT molecular complexity index is 847. The Hall–Kier alpha value is -3.40. The van der Waals surface area contributed by atoms with Gasteiger partial charge in [0.15, 0.2) is 12.2 Å². The van der Waals surface area contributed by atoms with Gasteiger partial charge in [-0.1, -0.05) is 24.8 Å². The molecule has 0 bridgehead atoms. The highest BCUT2D eigenvalue weighted by atomic mass is 16.7. The molecule has 174 valence electrons. The van der Waals surface area contributed by atoms with Gasteiger partial charge in [0, 0.05) is 27.7 Å². The number of carbonyl (C=O) groups is 4. The molecule has 0 spiro atoms. The molecule has 2 rings (SSSR count). The van der Waals surface area contributed by atoms with Crippen LogP contribution in [-0.2, 0) is 42.9 Å². The summed E-state index contributed by atoms with van der Waals surface area (Å²) < 4.78 is 32.7. The molecule has 0 saturated carbocycles. The number of ether oxygens (including phenoxy) is 6. The topological polar surface area (TPSA) is 124 Å². The Morgan fingerprint density at radius 3 is 1.88 bits per heavy atom. The lowest BCUT2D eigenvalue weighted by Crippen LogP contribution is -2.63. The van der Waals surface area contributed by atoms with Crippen molar-refractivity contribution in [1.82, 2.24) is 0 Å². The molecule has 1 aromatic carbocycles. The van der Waals surface area contributed by atoms with Gasteiger partial charge >= 0.3 is 23.9 Å². The van der Waals surface area contributed by atoms with E-state index in [0.717, 1.165) is 26.3 Å². The Morgan fingerprint density at radius 2 is 1.38 bits per heavy atom. The van der Waals surface area contributed by atoms with Gasteiger partial charge in [-0.05, 0) is 17.7 Å². The third kappa shape index (κ3) is 7.09. The van der Waals surface area contributed by atoms with Crippen molar-refractivity contribution in [3.05, 3.63) is 36.4 Å². The zero-order valence-electron chi connectivity index (χ0n) is 18.3. The highest BCUT2D eigenvalue weighted by molar-refractivity contribution is 5.68. The fraction of sp³-hybridized carbons (Fsp3) is 0.455. The lowest BCUT2D eigenvalue weighted by atomic mass is 9.98. The van der Waals surface area contributed by atoms with Crippen molar-refractivity contribution in [1.29, 1.82) is 0 Å². The van der Waals surface area contributed by atoms with Crippen LogP contribution >= 0.6 is 0 Å². The van der Waals surface area contributed by atoms with Crippen molar-refractivity contribution >= 4 is 30.0 Å². The van der Waals surface area contributed by atoms with Gasteiger partial charge in [0.1, 0.15) is 18.5 Å². The lowest BCUT2D eigenvalue weighted by molar-refractivity contribution is -0.288. The smallest absolute Gasteiger partial charge is 0.303 e. The van der Waals surface area contributed by atoms with E-state index in [2.05, 4.69) is 6.58 Å². The number of hydrogen-bond donors (Lipinski definition) is 0. The lowest BCUT2D eigenvalue weighted by Gasteiger charge is -2.43. The van der Waals surface area contributed by atoms with Crippen LogP contribution in [0.3, 0.4) is 0 Å². The monoisotopic (exact) mass is 450 g/mol.